The van der Waals surface area contributed by atoms with Crippen molar-refractivity contribution in [2.75, 3.05) is 19.7 Å². The Bertz CT molecular complexity index is 197. The van der Waals surface area contributed by atoms with E-state index in [1.807, 2.05) is 0 Å². The molecule has 2 N–H and O–H groups in total. The van der Waals surface area contributed by atoms with Gasteiger partial charge in [0.2, 0.25) is 0 Å². The van der Waals surface area contributed by atoms with Crippen LogP contribution in [0.15, 0.2) is 4.99 Å². The summed E-state index contributed by atoms with van der Waals surface area (Å²) in [7, 11) is 0. The number of hydrogen-bond donors (Lipinski definition) is 2. The first-order valence-corrected chi connectivity index (χ1v) is 5.31. The Morgan fingerprint density at radius 2 is 2.23 bits per heavy atom. The van der Waals surface area contributed by atoms with Crippen LogP contribution in [0, 0.1) is 11.8 Å². The molecule has 2 rings (SSSR count). The van der Waals surface area contributed by atoms with Gasteiger partial charge in [0.05, 0.1) is 13.2 Å². The maximum atomic E-state index is 9.33. The van der Waals surface area contributed by atoms with E-state index in [9.17, 15) is 5.11 Å². The summed E-state index contributed by atoms with van der Waals surface area (Å²) in [5, 5.41) is 12.6. The van der Waals surface area contributed by atoms with Crippen LogP contribution >= 0.6 is 0 Å². The highest BCUT2D eigenvalue weighted by Gasteiger charge is 2.29. The van der Waals surface area contributed by atoms with Crippen LogP contribution in [-0.2, 0) is 0 Å². The molecular weight excluding hydrogens is 164 g/mol. The highest BCUT2D eigenvalue weighted by molar-refractivity contribution is 5.86. The molecule has 0 bridgehead atoms. The first-order valence-electron chi connectivity index (χ1n) is 5.31. The van der Waals surface area contributed by atoms with E-state index in [4.69, 9.17) is 0 Å². The summed E-state index contributed by atoms with van der Waals surface area (Å²) < 4.78 is 0. The lowest BCUT2D eigenvalue weighted by atomic mass is 9.90. The molecule has 1 aliphatic carbocycles. The largest absolute Gasteiger partial charge is 0.396 e. The van der Waals surface area contributed by atoms with Crippen molar-refractivity contribution in [2.45, 2.75) is 25.7 Å². The molecule has 13 heavy (non-hydrogen) atoms. The van der Waals surface area contributed by atoms with E-state index in [0.29, 0.717) is 11.8 Å². The van der Waals surface area contributed by atoms with E-state index in [2.05, 4.69) is 10.3 Å². The smallest absolute Gasteiger partial charge is 0.102 e. The molecule has 1 atom stereocenters. The maximum Gasteiger partial charge on any atom is 0.102 e. The van der Waals surface area contributed by atoms with Crippen LogP contribution in [-0.4, -0.2) is 30.6 Å². The number of aliphatic hydroxyl groups is 1. The Morgan fingerprint density at radius 3 is 2.77 bits per heavy atom. The van der Waals surface area contributed by atoms with Crippen molar-refractivity contribution in [3.8, 4) is 0 Å². The number of amidine groups is 1. The predicted molar refractivity (Wildman–Crippen MR) is 52.8 cm³/mol. The third-order valence-corrected chi connectivity index (χ3v) is 3.22. The second-order valence-electron chi connectivity index (χ2n) is 4.03. The van der Waals surface area contributed by atoms with Crippen LogP contribution in [0.5, 0.6) is 0 Å². The molecule has 2 aliphatic rings. The zero-order valence-electron chi connectivity index (χ0n) is 8.00. The van der Waals surface area contributed by atoms with E-state index in [1.54, 1.807) is 0 Å². The summed E-state index contributed by atoms with van der Waals surface area (Å²) in [6.07, 6.45) is 5.20. The summed E-state index contributed by atoms with van der Waals surface area (Å²) in [4.78, 5) is 4.40. The van der Waals surface area contributed by atoms with Crippen LogP contribution in [0.3, 0.4) is 0 Å². The fourth-order valence-corrected chi connectivity index (χ4v) is 2.48. The van der Waals surface area contributed by atoms with Crippen molar-refractivity contribution in [1.29, 1.82) is 0 Å². The standard InChI is InChI=1S/C10H18N2O/c13-7-9(8-3-1-2-4-8)10-11-5-6-12-10/h8-9,13H,1-7H2,(H,11,12). The van der Waals surface area contributed by atoms with Crippen molar-refractivity contribution in [2.24, 2.45) is 16.8 Å². The van der Waals surface area contributed by atoms with Crippen molar-refractivity contribution in [3.05, 3.63) is 0 Å². The molecule has 0 amide bonds. The topological polar surface area (TPSA) is 44.6 Å². The van der Waals surface area contributed by atoms with Gasteiger partial charge in [-0.25, -0.2) is 0 Å². The summed E-state index contributed by atoms with van der Waals surface area (Å²) >= 11 is 0. The van der Waals surface area contributed by atoms with Gasteiger partial charge in [-0.15, -0.1) is 0 Å². The number of rotatable bonds is 3. The molecule has 3 heteroatoms. The van der Waals surface area contributed by atoms with Gasteiger partial charge in [-0.1, -0.05) is 12.8 Å². The molecule has 0 aromatic heterocycles. The van der Waals surface area contributed by atoms with Gasteiger partial charge in [0, 0.05) is 12.5 Å². The molecule has 0 aromatic rings. The lowest BCUT2D eigenvalue weighted by molar-refractivity contribution is 0.219. The molecule has 3 nitrogen and oxygen atoms in total. The molecule has 1 heterocycles. The van der Waals surface area contributed by atoms with Crippen molar-refractivity contribution in [3.63, 3.8) is 0 Å². The summed E-state index contributed by atoms with van der Waals surface area (Å²) in [6.45, 7) is 2.10. The van der Waals surface area contributed by atoms with Gasteiger partial charge in [-0.05, 0) is 18.8 Å². The minimum Gasteiger partial charge on any atom is -0.396 e. The fourth-order valence-electron chi connectivity index (χ4n) is 2.48. The van der Waals surface area contributed by atoms with Gasteiger partial charge in [-0.3, -0.25) is 4.99 Å². The van der Waals surface area contributed by atoms with Crippen molar-refractivity contribution in [1.82, 2.24) is 5.32 Å². The average Bonchev–Trinajstić information content (AvgIpc) is 2.76. The zero-order valence-corrected chi connectivity index (χ0v) is 8.00. The maximum absolute atomic E-state index is 9.33. The van der Waals surface area contributed by atoms with Crippen LogP contribution < -0.4 is 5.32 Å². The Balaban J connectivity index is 1.98. The molecule has 0 saturated heterocycles. The Labute approximate surface area is 79.3 Å². The minimum atomic E-state index is 0.260. The molecule has 0 aromatic carbocycles. The normalized spacial score (nSPS) is 25.8. The molecule has 1 saturated carbocycles. The number of hydrogen-bond acceptors (Lipinski definition) is 3. The van der Waals surface area contributed by atoms with Crippen molar-refractivity contribution >= 4 is 5.84 Å². The van der Waals surface area contributed by atoms with E-state index >= 15 is 0 Å². The van der Waals surface area contributed by atoms with Crippen LogP contribution in [0.1, 0.15) is 25.7 Å². The molecule has 1 aliphatic heterocycles. The SMILES string of the molecule is OCC(C1=NCCN1)C1CCCC1. The third kappa shape index (κ3) is 1.85. The Morgan fingerprint density at radius 1 is 1.46 bits per heavy atom. The summed E-state index contributed by atoms with van der Waals surface area (Å²) in [5.74, 6) is 2.04. The van der Waals surface area contributed by atoms with Gasteiger partial charge >= 0.3 is 0 Å². The van der Waals surface area contributed by atoms with Crippen LogP contribution in [0.2, 0.25) is 0 Å². The lowest BCUT2D eigenvalue weighted by Crippen LogP contribution is -2.33. The van der Waals surface area contributed by atoms with E-state index < -0.39 is 0 Å². The first-order chi connectivity index (χ1) is 6.42. The van der Waals surface area contributed by atoms with Crippen molar-refractivity contribution < 1.29 is 5.11 Å². The number of aliphatic imine (C=N–C) groups is 1. The molecule has 0 radical (unpaired) electrons. The van der Waals surface area contributed by atoms with Gasteiger partial charge in [0.25, 0.3) is 0 Å². The molecule has 0 spiro atoms. The number of nitrogens with one attached hydrogen (secondary N) is 1. The number of aliphatic hydroxyl groups excluding tert-OH is 1. The van der Waals surface area contributed by atoms with Crippen LogP contribution in [0.25, 0.3) is 0 Å². The lowest BCUT2D eigenvalue weighted by Gasteiger charge is -2.21. The van der Waals surface area contributed by atoms with Gasteiger partial charge in [-0.2, -0.15) is 0 Å². The molecular formula is C10H18N2O. The first kappa shape index (κ1) is 9.00. The van der Waals surface area contributed by atoms with Gasteiger partial charge < -0.3 is 10.4 Å². The highest BCUT2D eigenvalue weighted by atomic mass is 16.3. The van der Waals surface area contributed by atoms with Gasteiger partial charge in [0.1, 0.15) is 5.84 Å². The highest BCUT2D eigenvalue weighted by Crippen LogP contribution is 2.31. The monoisotopic (exact) mass is 182 g/mol. The van der Waals surface area contributed by atoms with E-state index in [-0.39, 0.29) is 6.61 Å². The number of nitrogens with zero attached hydrogens (tertiary/aromatic N) is 1. The Kier molecular flexibility index (Phi) is 2.83. The van der Waals surface area contributed by atoms with Crippen LogP contribution in [0.4, 0.5) is 0 Å². The third-order valence-electron chi connectivity index (χ3n) is 3.22. The predicted octanol–water partition coefficient (Wildman–Crippen LogP) is 0.787. The molecule has 1 unspecified atom stereocenters. The second kappa shape index (κ2) is 4.09. The quantitative estimate of drug-likeness (QED) is 0.677. The Hall–Kier alpha value is -0.570. The zero-order chi connectivity index (χ0) is 9.10. The minimum absolute atomic E-state index is 0.260. The summed E-state index contributed by atoms with van der Waals surface area (Å²) in [6, 6.07) is 0. The second-order valence-corrected chi connectivity index (χ2v) is 4.03. The molecule has 74 valence electrons. The summed E-state index contributed by atoms with van der Waals surface area (Å²) in [5.41, 5.74) is 0. The average molecular weight is 182 g/mol. The van der Waals surface area contributed by atoms with E-state index in [1.165, 1.54) is 25.7 Å². The van der Waals surface area contributed by atoms with E-state index in [0.717, 1.165) is 18.9 Å². The fraction of sp³-hybridized carbons (Fsp3) is 0.900. The van der Waals surface area contributed by atoms with Gasteiger partial charge in [0.15, 0.2) is 0 Å². The molecule has 1 fully saturated rings.